The molecular formula is C85H84BN3OS. The third kappa shape index (κ3) is 8.06. The van der Waals surface area contributed by atoms with Crippen molar-refractivity contribution in [2.45, 2.75) is 173 Å². The lowest BCUT2D eigenvalue weighted by molar-refractivity contribution is 0.332. The number of furan rings is 1. The van der Waals surface area contributed by atoms with Gasteiger partial charge in [-0.25, -0.2) is 0 Å². The topological polar surface area (TPSA) is 22.9 Å². The first kappa shape index (κ1) is 56.0. The van der Waals surface area contributed by atoms with E-state index in [0.717, 1.165) is 44.7 Å². The highest BCUT2D eigenvalue weighted by Gasteiger charge is 2.61. The van der Waals surface area contributed by atoms with E-state index in [4.69, 9.17) is 4.42 Å². The maximum absolute atomic E-state index is 7.26. The highest BCUT2D eigenvalue weighted by molar-refractivity contribution is 7.33. The molecule has 18 rings (SSSR count). The Labute approximate surface area is 543 Å². The van der Waals surface area contributed by atoms with Crippen LogP contribution in [0.25, 0.3) is 43.2 Å². The van der Waals surface area contributed by atoms with E-state index in [1.807, 2.05) is 0 Å². The molecule has 91 heavy (non-hydrogen) atoms. The average molecular weight is 1210 g/mol. The van der Waals surface area contributed by atoms with Gasteiger partial charge in [0.15, 0.2) is 5.58 Å². The fraction of sp³-hybridized carbons (Fsp3) is 0.341. The first-order chi connectivity index (χ1) is 43.9. The van der Waals surface area contributed by atoms with E-state index in [9.17, 15) is 0 Å². The lowest BCUT2D eigenvalue weighted by atomic mass is 9.36. The largest absolute Gasteiger partial charge is 0.454 e. The minimum atomic E-state index is -0.0612. The van der Waals surface area contributed by atoms with Crippen LogP contribution in [0, 0.1) is 11.8 Å². The molecule has 11 aromatic rings. The highest BCUT2D eigenvalue weighted by atomic mass is 32.1. The van der Waals surface area contributed by atoms with Crippen molar-refractivity contribution in [1.29, 1.82) is 0 Å². The minimum absolute atomic E-state index is 0.0139. The number of hydrogen-bond donors (Lipinski definition) is 0. The van der Waals surface area contributed by atoms with Crippen molar-refractivity contribution in [1.82, 2.24) is 0 Å². The quantitative estimate of drug-likeness (QED) is 0.155. The van der Waals surface area contributed by atoms with Gasteiger partial charge < -0.3 is 19.1 Å². The van der Waals surface area contributed by atoms with Gasteiger partial charge in [0.25, 0.3) is 6.71 Å². The fourth-order valence-electron chi connectivity index (χ4n) is 19.2. The molecule has 6 heteroatoms. The molecule has 0 unspecified atom stereocenters. The van der Waals surface area contributed by atoms with Crippen LogP contribution in [0.1, 0.15) is 185 Å². The zero-order valence-electron chi connectivity index (χ0n) is 55.0. The minimum Gasteiger partial charge on any atom is -0.454 e. The standard InChI is InChI=1S/C85H84BN3OS/c1-81(2,3)53-34-38-57(39-35-53)87(58-40-36-54(37-41-58)82(4,5)6)59-42-43-68-71(48-59)88(70-28-18-24-61-60-22-15-17-29-74(60)90-79(61)70)72-46-52(51-20-12-11-13-21-51)47-73-77(72)86(68)80-78(63-49-66-67(50-75(63)91-80)84(9,10)45-44-83(66,7)8)89(73)69-27-19-26-65-76(69)62-23-14-16-25-64(62)85(65)55-30-31-56(85)33-32-55/h14-19,22-29,34-43,46-51,55-56H,11-13,20-21,30-33,44-45H2,1-10H3. The number of hydrogen-bond acceptors (Lipinski definition) is 5. The Bertz CT molecular complexity index is 4750. The van der Waals surface area contributed by atoms with Crippen LogP contribution in [0.2, 0.25) is 0 Å². The summed E-state index contributed by atoms with van der Waals surface area (Å²) in [6.07, 6.45) is 13.8. The summed E-state index contributed by atoms with van der Waals surface area (Å²) in [5.74, 6) is 1.76. The second kappa shape index (κ2) is 19.6. The van der Waals surface area contributed by atoms with E-state index >= 15 is 0 Å². The Kier molecular flexibility index (Phi) is 12.1. The Morgan fingerprint density at radius 3 is 1.76 bits per heavy atom. The van der Waals surface area contributed by atoms with E-state index in [-0.39, 0.29) is 33.8 Å². The van der Waals surface area contributed by atoms with Crippen LogP contribution in [0.4, 0.5) is 51.2 Å². The van der Waals surface area contributed by atoms with Crippen LogP contribution >= 0.6 is 11.3 Å². The zero-order valence-corrected chi connectivity index (χ0v) is 55.8. The summed E-state index contributed by atoms with van der Waals surface area (Å²) in [6.45, 7) is 23.9. The Balaban J connectivity index is 0.965. The number of fused-ring (bicyclic) bond motifs is 13. The molecule has 2 aliphatic heterocycles. The van der Waals surface area contributed by atoms with Gasteiger partial charge in [-0.1, -0.05) is 186 Å². The van der Waals surface area contributed by atoms with E-state index in [2.05, 4.69) is 271 Å². The van der Waals surface area contributed by atoms with Crippen LogP contribution in [0.5, 0.6) is 0 Å². The van der Waals surface area contributed by atoms with E-state index in [0.29, 0.717) is 17.8 Å². The second-order valence-electron chi connectivity index (χ2n) is 32.0. The van der Waals surface area contributed by atoms with Crippen molar-refractivity contribution in [3.05, 3.63) is 215 Å². The predicted octanol–water partition coefficient (Wildman–Crippen LogP) is 22.4. The van der Waals surface area contributed by atoms with Gasteiger partial charge in [0.05, 0.1) is 17.1 Å². The van der Waals surface area contributed by atoms with Crippen molar-refractivity contribution < 1.29 is 4.42 Å². The van der Waals surface area contributed by atoms with Gasteiger partial charge in [-0.05, 0) is 225 Å². The molecule has 454 valence electrons. The smallest absolute Gasteiger partial charge is 0.264 e. The molecule has 2 aromatic heterocycles. The molecule has 0 saturated heterocycles. The maximum atomic E-state index is 7.26. The third-order valence-electron chi connectivity index (χ3n) is 24.0. The average Bonchev–Trinajstić information content (AvgIpc) is 1.69. The Morgan fingerprint density at radius 1 is 0.495 bits per heavy atom. The van der Waals surface area contributed by atoms with Crippen molar-refractivity contribution >= 4 is 117 Å². The number of anilines is 9. The van der Waals surface area contributed by atoms with Gasteiger partial charge in [0.1, 0.15) is 5.58 Å². The summed E-state index contributed by atoms with van der Waals surface area (Å²) in [4.78, 5) is 8.08. The third-order valence-corrected chi connectivity index (χ3v) is 25.2. The van der Waals surface area contributed by atoms with Crippen LogP contribution in [0.3, 0.4) is 0 Å². The van der Waals surface area contributed by atoms with Gasteiger partial charge in [-0.3, -0.25) is 0 Å². The van der Waals surface area contributed by atoms with Gasteiger partial charge in [0.2, 0.25) is 0 Å². The van der Waals surface area contributed by atoms with Crippen molar-refractivity contribution in [2.75, 3.05) is 14.7 Å². The van der Waals surface area contributed by atoms with E-state index in [1.165, 1.54) is 164 Å². The summed E-state index contributed by atoms with van der Waals surface area (Å²) in [6, 6.07) is 70.0. The molecule has 0 N–H and O–H groups in total. The number of benzene rings is 9. The highest BCUT2D eigenvalue weighted by Crippen LogP contribution is 2.69. The molecule has 0 radical (unpaired) electrons. The number of rotatable bonds is 6. The van der Waals surface area contributed by atoms with Crippen LogP contribution in [-0.4, -0.2) is 6.71 Å². The van der Waals surface area contributed by atoms with Crippen molar-refractivity contribution in [3.63, 3.8) is 0 Å². The number of thiophene rings is 1. The lowest BCUT2D eigenvalue weighted by Gasteiger charge is -2.45. The molecule has 5 aliphatic carbocycles. The van der Waals surface area contributed by atoms with Crippen LogP contribution in [-0.2, 0) is 27.1 Å². The molecule has 0 atom stereocenters. The molecule has 0 amide bonds. The van der Waals surface area contributed by atoms with Gasteiger partial charge in [-0.2, -0.15) is 0 Å². The molecule has 4 nitrogen and oxygen atoms in total. The number of nitrogens with zero attached hydrogens (tertiary/aromatic N) is 3. The monoisotopic (exact) mass is 1210 g/mol. The second-order valence-corrected chi connectivity index (χ2v) is 33.1. The first-order valence-electron chi connectivity index (χ1n) is 34.6. The van der Waals surface area contributed by atoms with E-state index in [1.54, 1.807) is 11.1 Å². The Hall–Kier alpha value is -7.80. The van der Waals surface area contributed by atoms with Gasteiger partial charge >= 0.3 is 0 Å². The van der Waals surface area contributed by atoms with Crippen LogP contribution in [0.15, 0.2) is 180 Å². The molecule has 1 spiro atoms. The summed E-state index contributed by atoms with van der Waals surface area (Å²) in [7, 11) is 0. The maximum Gasteiger partial charge on any atom is 0.264 e. The zero-order chi connectivity index (χ0) is 61.8. The molecular weight excluding hydrogens is 1120 g/mol. The SMILES string of the molecule is CC(C)(C)c1ccc(N(c2ccc(C(C)(C)C)cc2)c2ccc3c(c2)N(c2cccc4c2oc2ccccc24)c2cc(C4CCCCC4)cc4c2B3c2sc3cc5c(cc3c2N4c2cccc3c2-c2ccccc2C32C3CCC2CC3)C(C)(C)CCC5(C)C)cc1. The van der Waals surface area contributed by atoms with Gasteiger partial charge in [0, 0.05) is 70.7 Å². The summed E-state index contributed by atoms with van der Waals surface area (Å²) in [5.41, 5.74) is 29.0. The van der Waals surface area contributed by atoms with Crippen molar-refractivity contribution in [2.24, 2.45) is 11.8 Å². The fourth-order valence-corrected chi connectivity index (χ4v) is 20.6. The van der Waals surface area contributed by atoms with Crippen LogP contribution < -0.4 is 30.4 Å². The predicted molar refractivity (Wildman–Crippen MR) is 388 cm³/mol. The first-order valence-corrected chi connectivity index (χ1v) is 35.4. The molecule has 9 aromatic carbocycles. The summed E-state index contributed by atoms with van der Waals surface area (Å²) >= 11 is 2.08. The normalized spacial score (nSPS) is 20.9. The molecule has 2 bridgehead atoms. The number of para-hydroxylation sites is 2. The van der Waals surface area contributed by atoms with Crippen molar-refractivity contribution in [3.8, 4) is 11.1 Å². The Morgan fingerprint density at radius 2 is 1.08 bits per heavy atom. The lowest BCUT2D eigenvalue weighted by Crippen LogP contribution is -2.60. The van der Waals surface area contributed by atoms with E-state index < -0.39 is 0 Å². The molecule has 3 fully saturated rings. The summed E-state index contributed by atoms with van der Waals surface area (Å²) < 4.78 is 10.1. The molecule has 4 heterocycles. The van der Waals surface area contributed by atoms with Gasteiger partial charge in [-0.15, -0.1) is 11.3 Å². The summed E-state index contributed by atoms with van der Waals surface area (Å²) in [5, 5.41) is 3.68. The molecule has 7 aliphatic rings. The molecule has 3 saturated carbocycles.